The van der Waals surface area contributed by atoms with Gasteiger partial charge in [-0.1, -0.05) is 12.1 Å². The number of carbonyl (C=O) groups excluding carboxylic acids is 1. The van der Waals surface area contributed by atoms with E-state index < -0.39 is 11.6 Å². The molecule has 0 unspecified atom stereocenters. The van der Waals surface area contributed by atoms with E-state index in [0.717, 1.165) is 6.07 Å². The van der Waals surface area contributed by atoms with Crippen molar-refractivity contribution in [2.24, 2.45) is 0 Å². The van der Waals surface area contributed by atoms with E-state index in [2.05, 4.69) is 10.1 Å². The van der Waals surface area contributed by atoms with Gasteiger partial charge >= 0.3 is 0 Å². The van der Waals surface area contributed by atoms with Crippen molar-refractivity contribution in [1.29, 1.82) is 0 Å². The molecule has 0 N–H and O–H groups in total. The highest BCUT2D eigenvalue weighted by atomic mass is 19.2. The van der Waals surface area contributed by atoms with Crippen molar-refractivity contribution in [3.63, 3.8) is 0 Å². The van der Waals surface area contributed by atoms with E-state index >= 15 is 0 Å². The van der Waals surface area contributed by atoms with Gasteiger partial charge < -0.3 is 4.90 Å². The fraction of sp³-hybridized carbons (Fsp3) is 0.278. The van der Waals surface area contributed by atoms with E-state index in [1.807, 2.05) is 4.90 Å². The molecule has 1 saturated heterocycles. The Bertz CT molecular complexity index is 917. The topological polar surface area (TPSA) is 53.7 Å². The van der Waals surface area contributed by atoms with E-state index in [1.165, 1.54) is 6.07 Å². The van der Waals surface area contributed by atoms with Gasteiger partial charge in [0.1, 0.15) is 0 Å². The predicted molar refractivity (Wildman–Crippen MR) is 90.5 cm³/mol. The number of amides is 1. The Morgan fingerprint density at radius 1 is 1.12 bits per heavy atom. The maximum atomic E-state index is 13.8. The Hall–Kier alpha value is -2.87. The largest absolute Gasteiger partial charge is 0.335 e. The fourth-order valence-corrected chi connectivity index (χ4v) is 3.12. The summed E-state index contributed by atoms with van der Waals surface area (Å²) in [7, 11) is 0. The summed E-state index contributed by atoms with van der Waals surface area (Å²) in [6, 6.07) is 7.61. The van der Waals surface area contributed by atoms with Gasteiger partial charge in [-0.05, 0) is 12.1 Å². The number of benzene rings is 1. The summed E-state index contributed by atoms with van der Waals surface area (Å²) < 4.78 is 28.7. The second-order valence-electron chi connectivity index (χ2n) is 6.23. The normalized spacial score (nSPS) is 15.5. The van der Waals surface area contributed by atoms with Crippen LogP contribution in [0.25, 0.3) is 5.65 Å². The summed E-state index contributed by atoms with van der Waals surface area (Å²) in [5.74, 6) is -1.79. The SMILES string of the molecule is O=C(c1cc2ncccn2n1)N1CCN(Cc2cccc(F)c2F)CC1. The molecular weight excluding hydrogens is 340 g/mol. The minimum atomic E-state index is -0.836. The highest BCUT2D eigenvalue weighted by Crippen LogP contribution is 2.16. The molecule has 3 aromatic rings. The van der Waals surface area contributed by atoms with Gasteiger partial charge in [0.2, 0.25) is 0 Å². The highest BCUT2D eigenvalue weighted by Gasteiger charge is 2.24. The molecule has 3 heterocycles. The minimum Gasteiger partial charge on any atom is -0.335 e. The van der Waals surface area contributed by atoms with Gasteiger partial charge in [0.05, 0.1) is 0 Å². The second kappa shape index (κ2) is 6.80. The van der Waals surface area contributed by atoms with Crippen molar-refractivity contribution >= 4 is 11.6 Å². The molecule has 8 heteroatoms. The average molecular weight is 357 g/mol. The molecule has 0 radical (unpaired) electrons. The van der Waals surface area contributed by atoms with Crippen LogP contribution in [-0.4, -0.2) is 56.5 Å². The molecule has 26 heavy (non-hydrogen) atoms. The smallest absolute Gasteiger partial charge is 0.274 e. The van der Waals surface area contributed by atoms with Gasteiger partial charge in [-0.2, -0.15) is 5.10 Å². The van der Waals surface area contributed by atoms with Crippen molar-refractivity contribution in [3.8, 4) is 0 Å². The predicted octanol–water partition coefficient (Wildman–Crippen LogP) is 1.97. The standard InChI is InChI=1S/C18H17F2N5O/c19-14-4-1-3-13(17(14)20)12-23-7-9-24(10-8-23)18(26)15-11-16-21-5-2-6-25(16)22-15/h1-6,11H,7-10,12H2. The van der Waals surface area contributed by atoms with Gasteiger partial charge in [0.15, 0.2) is 23.0 Å². The lowest BCUT2D eigenvalue weighted by molar-refractivity contribution is 0.0620. The lowest BCUT2D eigenvalue weighted by atomic mass is 10.1. The van der Waals surface area contributed by atoms with Crippen LogP contribution in [-0.2, 0) is 6.54 Å². The lowest BCUT2D eigenvalue weighted by Crippen LogP contribution is -2.48. The number of halogens is 2. The van der Waals surface area contributed by atoms with Crippen LogP contribution >= 0.6 is 0 Å². The zero-order valence-electron chi connectivity index (χ0n) is 14.0. The van der Waals surface area contributed by atoms with E-state index in [9.17, 15) is 13.6 Å². The van der Waals surface area contributed by atoms with Gasteiger partial charge in [-0.3, -0.25) is 9.69 Å². The zero-order valence-corrected chi connectivity index (χ0v) is 14.0. The molecule has 0 saturated carbocycles. The Kier molecular flexibility index (Phi) is 4.34. The average Bonchev–Trinajstić information content (AvgIpc) is 3.10. The van der Waals surface area contributed by atoms with Crippen LogP contribution < -0.4 is 0 Å². The van der Waals surface area contributed by atoms with E-state index in [1.54, 1.807) is 40.0 Å². The first-order valence-electron chi connectivity index (χ1n) is 8.37. The number of hydrogen-bond acceptors (Lipinski definition) is 4. The molecule has 0 aliphatic carbocycles. The van der Waals surface area contributed by atoms with Crippen LogP contribution in [0.15, 0.2) is 42.7 Å². The summed E-state index contributed by atoms with van der Waals surface area (Å²) in [5.41, 5.74) is 1.31. The number of nitrogens with zero attached hydrogens (tertiary/aromatic N) is 5. The molecule has 1 aromatic carbocycles. The molecule has 1 amide bonds. The number of piperazine rings is 1. The summed E-state index contributed by atoms with van der Waals surface area (Å²) in [6.07, 6.45) is 3.39. The summed E-state index contributed by atoms with van der Waals surface area (Å²) in [5, 5.41) is 4.25. The van der Waals surface area contributed by atoms with E-state index in [4.69, 9.17) is 0 Å². The molecule has 2 aromatic heterocycles. The van der Waals surface area contributed by atoms with Gasteiger partial charge in [-0.25, -0.2) is 18.3 Å². The van der Waals surface area contributed by atoms with Crippen LogP contribution in [0.3, 0.4) is 0 Å². The fourth-order valence-electron chi connectivity index (χ4n) is 3.12. The first kappa shape index (κ1) is 16.6. The Morgan fingerprint density at radius 2 is 1.92 bits per heavy atom. The molecule has 0 atom stereocenters. The quantitative estimate of drug-likeness (QED) is 0.719. The number of hydrogen-bond donors (Lipinski definition) is 0. The maximum Gasteiger partial charge on any atom is 0.274 e. The molecule has 1 aliphatic rings. The number of rotatable bonds is 3. The second-order valence-corrected chi connectivity index (χ2v) is 6.23. The third kappa shape index (κ3) is 3.15. The zero-order chi connectivity index (χ0) is 18.1. The first-order chi connectivity index (χ1) is 12.6. The van der Waals surface area contributed by atoms with Crippen molar-refractivity contribution in [3.05, 3.63) is 65.6 Å². The Labute approximate surface area is 148 Å². The van der Waals surface area contributed by atoms with E-state index in [0.29, 0.717) is 49.6 Å². The van der Waals surface area contributed by atoms with Gasteiger partial charge in [0.25, 0.3) is 5.91 Å². The Morgan fingerprint density at radius 3 is 2.69 bits per heavy atom. The van der Waals surface area contributed by atoms with Crippen molar-refractivity contribution < 1.29 is 13.6 Å². The van der Waals surface area contributed by atoms with Crippen LogP contribution in [0.1, 0.15) is 16.1 Å². The van der Waals surface area contributed by atoms with Crippen molar-refractivity contribution in [2.75, 3.05) is 26.2 Å². The first-order valence-corrected chi connectivity index (χ1v) is 8.37. The number of carbonyl (C=O) groups is 1. The third-order valence-corrected chi connectivity index (χ3v) is 4.54. The number of aromatic nitrogens is 3. The van der Waals surface area contributed by atoms with Crippen LogP contribution in [0, 0.1) is 11.6 Å². The monoisotopic (exact) mass is 357 g/mol. The molecule has 134 valence electrons. The molecule has 0 spiro atoms. The van der Waals surface area contributed by atoms with Crippen molar-refractivity contribution in [1.82, 2.24) is 24.4 Å². The minimum absolute atomic E-state index is 0.146. The number of fused-ring (bicyclic) bond motifs is 1. The molecule has 1 aliphatic heterocycles. The molecular formula is C18H17F2N5O. The molecule has 0 bridgehead atoms. The summed E-state index contributed by atoms with van der Waals surface area (Å²) in [6.45, 7) is 2.53. The van der Waals surface area contributed by atoms with Crippen LogP contribution in [0.2, 0.25) is 0 Å². The molecule has 4 rings (SSSR count). The van der Waals surface area contributed by atoms with Gasteiger partial charge in [0, 0.05) is 56.7 Å². The van der Waals surface area contributed by atoms with Gasteiger partial charge in [-0.15, -0.1) is 0 Å². The van der Waals surface area contributed by atoms with Crippen LogP contribution in [0.4, 0.5) is 8.78 Å². The maximum absolute atomic E-state index is 13.8. The summed E-state index contributed by atoms with van der Waals surface area (Å²) in [4.78, 5) is 20.5. The molecule has 6 nitrogen and oxygen atoms in total. The van der Waals surface area contributed by atoms with Crippen molar-refractivity contribution in [2.45, 2.75) is 6.54 Å². The third-order valence-electron chi connectivity index (χ3n) is 4.54. The van der Waals surface area contributed by atoms with E-state index in [-0.39, 0.29) is 5.91 Å². The molecule has 1 fully saturated rings. The lowest BCUT2D eigenvalue weighted by Gasteiger charge is -2.34. The summed E-state index contributed by atoms with van der Waals surface area (Å²) >= 11 is 0. The Balaban J connectivity index is 1.40. The highest BCUT2D eigenvalue weighted by molar-refractivity contribution is 5.93. The van der Waals surface area contributed by atoms with Crippen LogP contribution in [0.5, 0.6) is 0 Å².